The van der Waals surface area contributed by atoms with Crippen LogP contribution in [0.25, 0.3) is 0 Å². The van der Waals surface area contributed by atoms with Crippen molar-refractivity contribution >= 4 is 0 Å². The van der Waals surface area contributed by atoms with E-state index in [4.69, 9.17) is 0 Å². The number of hydrogen-bond acceptors (Lipinski definition) is 2. The predicted octanol–water partition coefficient (Wildman–Crippen LogP) is 1.98. The van der Waals surface area contributed by atoms with E-state index in [-0.39, 0.29) is 12.6 Å². The molecule has 2 nitrogen and oxygen atoms in total. The molecule has 0 heterocycles. The largest absolute Gasteiger partial charge is 0.395 e. The van der Waals surface area contributed by atoms with E-state index in [0.29, 0.717) is 6.04 Å². The van der Waals surface area contributed by atoms with Crippen LogP contribution in [0.5, 0.6) is 0 Å². The van der Waals surface area contributed by atoms with Gasteiger partial charge in [-0.15, -0.1) is 0 Å². The van der Waals surface area contributed by atoms with Gasteiger partial charge in [-0.05, 0) is 25.3 Å². The Morgan fingerprint density at radius 3 is 2.47 bits per heavy atom. The first kappa shape index (κ1) is 12.2. The molecule has 1 aromatic rings. The fraction of sp³-hybridized carbons (Fsp3) is 0.538. The van der Waals surface area contributed by atoms with Crippen molar-refractivity contribution in [1.29, 1.82) is 0 Å². The zero-order valence-electron chi connectivity index (χ0n) is 9.61. The van der Waals surface area contributed by atoms with Crippen molar-refractivity contribution < 1.29 is 5.11 Å². The van der Waals surface area contributed by atoms with Crippen LogP contribution in [0.2, 0.25) is 0 Å². The molecular formula is C13H21NO. The average molecular weight is 207 g/mol. The molecule has 1 aromatic carbocycles. The second-order valence-electron chi connectivity index (χ2n) is 4.05. The van der Waals surface area contributed by atoms with Gasteiger partial charge in [-0.3, -0.25) is 0 Å². The third kappa shape index (κ3) is 4.45. The van der Waals surface area contributed by atoms with Gasteiger partial charge in [-0.2, -0.15) is 0 Å². The summed E-state index contributed by atoms with van der Waals surface area (Å²) in [7, 11) is 0. The van der Waals surface area contributed by atoms with E-state index in [9.17, 15) is 5.11 Å². The van der Waals surface area contributed by atoms with E-state index < -0.39 is 0 Å². The average Bonchev–Trinajstić information content (AvgIpc) is 2.29. The van der Waals surface area contributed by atoms with Gasteiger partial charge >= 0.3 is 0 Å². The van der Waals surface area contributed by atoms with E-state index in [1.807, 2.05) is 18.2 Å². The van der Waals surface area contributed by atoms with Crippen LogP contribution >= 0.6 is 0 Å². The first-order chi connectivity index (χ1) is 7.26. The van der Waals surface area contributed by atoms with Crippen LogP contribution in [-0.4, -0.2) is 23.8 Å². The number of hydrogen-bond donors (Lipinski definition) is 2. The fourth-order valence-electron chi connectivity index (χ4n) is 1.60. The first-order valence-corrected chi connectivity index (χ1v) is 5.67. The number of aliphatic hydroxyl groups is 1. The second kappa shape index (κ2) is 6.59. The van der Waals surface area contributed by atoms with Crippen LogP contribution in [0.1, 0.15) is 25.8 Å². The summed E-state index contributed by atoms with van der Waals surface area (Å²) in [5, 5.41) is 12.7. The predicted molar refractivity (Wildman–Crippen MR) is 63.9 cm³/mol. The van der Waals surface area contributed by atoms with Crippen molar-refractivity contribution in [2.75, 3.05) is 6.61 Å². The second-order valence-corrected chi connectivity index (χ2v) is 4.05. The maximum atomic E-state index is 9.27. The Hall–Kier alpha value is -0.860. The van der Waals surface area contributed by atoms with E-state index in [1.165, 1.54) is 5.56 Å². The Morgan fingerprint density at radius 2 is 1.93 bits per heavy atom. The third-order valence-corrected chi connectivity index (χ3v) is 2.68. The van der Waals surface area contributed by atoms with E-state index in [2.05, 4.69) is 31.3 Å². The first-order valence-electron chi connectivity index (χ1n) is 5.67. The van der Waals surface area contributed by atoms with Crippen LogP contribution < -0.4 is 5.32 Å². The summed E-state index contributed by atoms with van der Waals surface area (Å²) in [4.78, 5) is 0. The Labute approximate surface area is 92.3 Å². The maximum Gasteiger partial charge on any atom is 0.0587 e. The van der Waals surface area contributed by atoms with Crippen LogP contribution in [0.15, 0.2) is 30.3 Å². The molecule has 0 fully saturated rings. The highest BCUT2D eigenvalue weighted by Crippen LogP contribution is 2.04. The quantitative estimate of drug-likeness (QED) is 0.747. The molecule has 2 N–H and O–H groups in total. The smallest absolute Gasteiger partial charge is 0.0587 e. The summed E-state index contributed by atoms with van der Waals surface area (Å²) in [5.41, 5.74) is 1.27. The van der Waals surface area contributed by atoms with Crippen molar-refractivity contribution in [2.24, 2.45) is 0 Å². The van der Waals surface area contributed by atoms with Gasteiger partial charge in [0.1, 0.15) is 0 Å². The molecule has 0 bridgehead atoms. The molecule has 2 unspecified atom stereocenters. The van der Waals surface area contributed by atoms with Crippen molar-refractivity contribution in [3.63, 3.8) is 0 Å². The Morgan fingerprint density at radius 1 is 1.27 bits per heavy atom. The molecule has 0 saturated heterocycles. The van der Waals surface area contributed by atoms with Crippen LogP contribution in [0.4, 0.5) is 0 Å². The van der Waals surface area contributed by atoms with E-state index >= 15 is 0 Å². The molecule has 0 aliphatic rings. The Balaban J connectivity index is 2.47. The van der Waals surface area contributed by atoms with Gasteiger partial charge in [0, 0.05) is 12.1 Å². The highest BCUT2D eigenvalue weighted by atomic mass is 16.3. The van der Waals surface area contributed by atoms with Crippen molar-refractivity contribution in [2.45, 2.75) is 38.8 Å². The van der Waals surface area contributed by atoms with Gasteiger partial charge < -0.3 is 10.4 Å². The number of aliphatic hydroxyl groups excluding tert-OH is 1. The van der Waals surface area contributed by atoms with Gasteiger partial charge in [0.05, 0.1) is 6.61 Å². The summed E-state index contributed by atoms with van der Waals surface area (Å²) >= 11 is 0. The minimum atomic E-state index is 0.169. The summed E-state index contributed by atoms with van der Waals surface area (Å²) in [5.74, 6) is 0. The lowest BCUT2D eigenvalue weighted by atomic mass is 10.1. The maximum absolute atomic E-state index is 9.27. The summed E-state index contributed by atoms with van der Waals surface area (Å²) in [6.45, 7) is 4.49. The molecule has 15 heavy (non-hydrogen) atoms. The molecule has 0 aliphatic heterocycles. The summed E-state index contributed by atoms with van der Waals surface area (Å²) in [6, 6.07) is 10.9. The van der Waals surface area contributed by atoms with E-state index in [0.717, 1.165) is 12.8 Å². The molecule has 0 saturated carbocycles. The molecule has 0 spiro atoms. The zero-order valence-corrected chi connectivity index (χ0v) is 9.61. The molecule has 1 rings (SSSR count). The molecule has 0 aliphatic carbocycles. The Kier molecular flexibility index (Phi) is 5.37. The molecule has 0 aromatic heterocycles. The number of rotatable bonds is 6. The number of nitrogens with one attached hydrogen (secondary N) is 1. The van der Waals surface area contributed by atoms with Gasteiger partial charge in [0.25, 0.3) is 0 Å². The zero-order chi connectivity index (χ0) is 11.1. The van der Waals surface area contributed by atoms with Crippen molar-refractivity contribution in [1.82, 2.24) is 5.32 Å². The van der Waals surface area contributed by atoms with Crippen LogP contribution in [0.3, 0.4) is 0 Å². The third-order valence-electron chi connectivity index (χ3n) is 2.68. The van der Waals surface area contributed by atoms with Crippen molar-refractivity contribution in [3.8, 4) is 0 Å². The highest BCUT2D eigenvalue weighted by molar-refractivity contribution is 5.15. The molecular weight excluding hydrogens is 186 g/mol. The normalized spacial score (nSPS) is 14.9. The number of benzene rings is 1. The fourth-order valence-corrected chi connectivity index (χ4v) is 1.60. The van der Waals surface area contributed by atoms with Gasteiger partial charge in [-0.1, -0.05) is 37.3 Å². The van der Waals surface area contributed by atoms with Gasteiger partial charge in [-0.25, -0.2) is 0 Å². The lowest BCUT2D eigenvalue weighted by molar-refractivity contribution is 0.231. The molecule has 2 heteroatoms. The lowest BCUT2D eigenvalue weighted by Crippen LogP contribution is -2.40. The summed E-state index contributed by atoms with van der Waals surface area (Å²) < 4.78 is 0. The molecule has 0 amide bonds. The molecule has 84 valence electrons. The minimum Gasteiger partial charge on any atom is -0.395 e. The summed E-state index contributed by atoms with van der Waals surface area (Å²) in [6.07, 6.45) is 1.98. The lowest BCUT2D eigenvalue weighted by Gasteiger charge is -2.20. The highest BCUT2D eigenvalue weighted by Gasteiger charge is 2.10. The minimum absolute atomic E-state index is 0.169. The van der Waals surface area contributed by atoms with Gasteiger partial charge in [0.2, 0.25) is 0 Å². The van der Waals surface area contributed by atoms with Crippen LogP contribution in [-0.2, 0) is 6.42 Å². The molecule has 2 atom stereocenters. The Bertz CT molecular complexity index is 260. The van der Waals surface area contributed by atoms with Crippen molar-refractivity contribution in [3.05, 3.63) is 35.9 Å². The molecule has 0 radical (unpaired) electrons. The standard InChI is InChI=1S/C13H21NO/c1-3-11(2)14-13(10-15)9-12-7-5-4-6-8-12/h4-8,11,13-15H,3,9-10H2,1-2H3. The van der Waals surface area contributed by atoms with Crippen LogP contribution in [0, 0.1) is 0 Å². The topological polar surface area (TPSA) is 32.3 Å². The van der Waals surface area contributed by atoms with Gasteiger partial charge in [0.15, 0.2) is 0 Å². The van der Waals surface area contributed by atoms with E-state index in [1.54, 1.807) is 0 Å². The monoisotopic (exact) mass is 207 g/mol. The SMILES string of the molecule is CCC(C)NC(CO)Cc1ccccc1.